The molecule has 1 N–H and O–H groups in total. The maximum atomic E-state index is 13.6. The lowest BCUT2D eigenvalue weighted by molar-refractivity contribution is -0.155. The van der Waals surface area contributed by atoms with Crippen LogP contribution in [0.1, 0.15) is 83.3 Å². The Bertz CT molecular complexity index is 1500. The normalized spacial score (nSPS) is 26.0. The van der Waals surface area contributed by atoms with E-state index in [4.69, 9.17) is 9.47 Å². The van der Waals surface area contributed by atoms with Crippen LogP contribution >= 0.6 is 0 Å². The van der Waals surface area contributed by atoms with Crippen LogP contribution in [0.5, 0.6) is 5.75 Å². The molecule has 3 atom stereocenters. The largest absolute Gasteiger partial charge is 0.496 e. The van der Waals surface area contributed by atoms with Gasteiger partial charge in [0, 0.05) is 23.6 Å². The predicted octanol–water partition coefficient (Wildman–Crippen LogP) is 9.05. The molecule has 1 aromatic rings. The molecule has 1 aromatic carbocycles. The lowest BCUT2D eigenvalue weighted by atomic mass is 9.65. The molecule has 4 aliphatic rings. The van der Waals surface area contributed by atoms with Gasteiger partial charge in [0.15, 0.2) is 0 Å². The van der Waals surface area contributed by atoms with Gasteiger partial charge in [-0.25, -0.2) is 4.79 Å². The van der Waals surface area contributed by atoms with Crippen molar-refractivity contribution in [2.45, 2.75) is 103 Å². The summed E-state index contributed by atoms with van der Waals surface area (Å²) in [4.78, 5) is 26.6. The highest BCUT2D eigenvalue weighted by molar-refractivity contribution is 5.77. The summed E-state index contributed by atoms with van der Waals surface area (Å²) in [6.07, 6.45) is -6.42. The lowest BCUT2D eigenvalue weighted by Crippen LogP contribution is -2.40. The summed E-state index contributed by atoms with van der Waals surface area (Å²) in [5, 5.41) is 9.79. The minimum Gasteiger partial charge on any atom is -0.496 e. The molecule has 0 aromatic heterocycles. The van der Waals surface area contributed by atoms with E-state index in [9.17, 15) is 41.0 Å². The van der Waals surface area contributed by atoms with Gasteiger partial charge in [0.25, 0.3) is 0 Å². The molecular formula is C35H41F6NO5. The van der Waals surface area contributed by atoms with Gasteiger partial charge in [0.1, 0.15) is 11.9 Å². The van der Waals surface area contributed by atoms with Gasteiger partial charge < -0.3 is 14.6 Å². The number of cyclic esters (lactones) is 1. The number of aryl methyl sites for hydroxylation is 1. The van der Waals surface area contributed by atoms with Crippen molar-refractivity contribution in [1.82, 2.24) is 4.90 Å². The number of hydrogen-bond donors (Lipinski definition) is 1. The summed E-state index contributed by atoms with van der Waals surface area (Å²) in [7, 11) is 1.56. The maximum absolute atomic E-state index is 13.6. The molecule has 5 rings (SSSR count). The van der Waals surface area contributed by atoms with Crippen LogP contribution in [-0.4, -0.2) is 60.2 Å². The van der Waals surface area contributed by atoms with Crippen molar-refractivity contribution in [2.24, 2.45) is 16.7 Å². The van der Waals surface area contributed by atoms with Gasteiger partial charge in [-0.05, 0) is 98.6 Å². The second-order valence-corrected chi connectivity index (χ2v) is 14.3. The predicted molar refractivity (Wildman–Crippen MR) is 163 cm³/mol. The van der Waals surface area contributed by atoms with Crippen LogP contribution in [0.2, 0.25) is 0 Å². The minimum atomic E-state index is -4.99. The van der Waals surface area contributed by atoms with Crippen molar-refractivity contribution in [3.05, 3.63) is 58.2 Å². The summed E-state index contributed by atoms with van der Waals surface area (Å²) in [6.45, 7) is 5.89. The summed E-state index contributed by atoms with van der Waals surface area (Å²) in [5.41, 5.74) is 0.112. The number of carboxylic acids is 1. The van der Waals surface area contributed by atoms with E-state index in [1.165, 1.54) is 4.90 Å². The van der Waals surface area contributed by atoms with Crippen molar-refractivity contribution in [1.29, 1.82) is 0 Å². The van der Waals surface area contributed by atoms with Crippen LogP contribution in [0.3, 0.4) is 0 Å². The van der Waals surface area contributed by atoms with Crippen LogP contribution < -0.4 is 4.74 Å². The molecule has 0 bridgehead atoms. The van der Waals surface area contributed by atoms with Crippen molar-refractivity contribution in [2.75, 3.05) is 13.7 Å². The third kappa shape index (κ3) is 7.21. The lowest BCUT2D eigenvalue weighted by Gasteiger charge is -2.38. The summed E-state index contributed by atoms with van der Waals surface area (Å²) in [5.74, 6) is -1.47. The average molecular weight is 670 g/mol. The first-order valence-corrected chi connectivity index (χ1v) is 16.0. The molecule has 3 unspecified atom stereocenters. The smallest absolute Gasteiger partial charge is 0.416 e. The number of allylic oxidation sites excluding steroid dienone is 4. The Balaban J connectivity index is 1.44. The molecule has 0 radical (unpaired) electrons. The standard InChI is InChI=1S/C35H41F6NO5/c1-20-29(22-15-24(34(36,37)38)17-25(16-22)35(39,40)41)47-31(45)42(20)19-23-18-32(2,3)12-9-26(23)27-14-21(6-7-28(27)46-4)8-13-33(30(43)44)10-5-11-33/h6-7,14-15,17,20,22,29H,5,8-13,16,18-19H2,1-4H3,(H,43,44). The van der Waals surface area contributed by atoms with Crippen LogP contribution in [-0.2, 0) is 16.0 Å². The Morgan fingerprint density at radius 1 is 1.11 bits per heavy atom. The number of alkyl halides is 6. The molecule has 47 heavy (non-hydrogen) atoms. The fraction of sp³-hybridized carbons (Fsp3) is 0.600. The molecule has 258 valence electrons. The zero-order chi connectivity index (χ0) is 34.5. The third-order valence-electron chi connectivity index (χ3n) is 10.5. The van der Waals surface area contributed by atoms with E-state index in [1.54, 1.807) is 14.0 Å². The van der Waals surface area contributed by atoms with E-state index in [1.807, 2.05) is 18.2 Å². The fourth-order valence-electron chi connectivity index (χ4n) is 7.50. The number of ether oxygens (including phenoxy) is 2. The SMILES string of the molecule is COc1ccc(CCC2(C(=O)O)CCC2)cc1C1=C(CN2C(=O)OC(C3C=C(C(F)(F)F)C=C(C(F)(F)F)C3)C2C)CC(C)(C)CC1. The third-order valence-corrected chi connectivity index (χ3v) is 10.5. The Morgan fingerprint density at radius 2 is 1.81 bits per heavy atom. The summed E-state index contributed by atoms with van der Waals surface area (Å²) < 4.78 is 93.0. The maximum Gasteiger partial charge on any atom is 0.416 e. The highest BCUT2D eigenvalue weighted by Gasteiger charge is 2.49. The van der Waals surface area contributed by atoms with Crippen molar-refractivity contribution >= 4 is 17.6 Å². The number of halogens is 6. The Labute approximate surface area is 270 Å². The van der Waals surface area contributed by atoms with E-state index < -0.39 is 65.5 Å². The number of carboxylic acid groups (broad SMARTS) is 1. The van der Waals surface area contributed by atoms with E-state index >= 15 is 0 Å². The van der Waals surface area contributed by atoms with Crippen molar-refractivity contribution in [3.8, 4) is 5.75 Å². The first-order chi connectivity index (χ1) is 21.8. The zero-order valence-electron chi connectivity index (χ0n) is 27.0. The van der Waals surface area contributed by atoms with Gasteiger partial charge in [-0.3, -0.25) is 9.69 Å². The van der Waals surface area contributed by atoms with Gasteiger partial charge >= 0.3 is 24.4 Å². The van der Waals surface area contributed by atoms with Gasteiger partial charge in [-0.2, -0.15) is 26.3 Å². The van der Waals surface area contributed by atoms with Crippen molar-refractivity contribution < 1.29 is 50.5 Å². The van der Waals surface area contributed by atoms with Gasteiger partial charge in [0.05, 0.1) is 24.1 Å². The number of methoxy groups -OCH3 is 1. The van der Waals surface area contributed by atoms with Crippen molar-refractivity contribution in [3.63, 3.8) is 0 Å². The van der Waals surface area contributed by atoms with E-state index in [0.29, 0.717) is 44.3 Å². The minimum absolute atomic E-state index is 0.0926. The summed E-state index contributed by atoms with van der Waals surface area (Å²) >= 11 is 0. The number of aliphatic carboxylic acids is 1. The number of hydrogen-bond acceptors (Lipinski definition) is 4. The van der Waals surface area contributed by atoms with Gasteiger partial charge in [-0.15, -0.1) is 0 Å². The number of rotatable bonds is 9. The second kappa shape index (κ2) is 12.5. The molecule has 1 saturated carbocycles. The van der Waals surface area contributed by atoms with E-state index in [2.05, 4.69) is 13.8 Å². The van der Waals surface area contributed by atoms with Crippen LogP contribution in [0.4, 0.5) is 31.1 Å². The number of amides is 1. The number of carbonyl (C=O) groups is 2. The van der Waals surface area contributed by atoms with E-state index in [0.717, 1.165) is 41.2 Å². The van der Waals surface area contributed by atoms with Crippen LogP contribution in [0.25, 0.3) is 5.57 Å². The molecular weight excluding hydrogens is 628 g/mol. The Morgan fingerprint density at radius 3 is 2.38 bits per heavy atom. The average Bonchev–Trinajstić information content (AvgIpc) is 3.23. The topological polar surface area (TPSA) is 76.1 Å². The Hall–Kier alpha value is -3.44. The fourth-order valence-corrected chi connectivity index (χ4v) is 7.50. The number of benzene rings is 1. The monoisotopic (exact) mass is 669 g/mol. The van der Waals surface area contributed by atoms with E-state index in [-0.39, 0.29) is 18.0 Å². The molecule has 1 aliphatic heterocycles. The molecule has 3 aliphatic carbocycles. The summed E-state index contributed by atoms with van der Waals surface area (Å²) in [6, 6.07) is 4.98. The zero-order valence-corrected chi connectivity index (χ0v) is 27.0. The van der Waals surface area contributed by atoms with Gasteiger partial charge in [0.2, 0.25) is 0 Å². The number of carbonyl (C=O) groups excluding carboxylic acids is 1. The molecule has 1 heterocycles. The molecule has 2 fully saturated rings. The quantitative estimate of drug-likeness (QED) is 0.266. The highest BCUT2D eigenvalue weighted by atomic mass is 19.4. The molecule has 12 heteroatoms. The first-order valence-electron chi connectivity index (χ1n) is 16.0. The van der Waals surface area contributed by atoms with Crippen LogP contribution in [0, 0.1) is 16.7 Å². The second-order valence-electron chi connectivity index (χ2n) is 14.3. The number of nitrogens with zero attached hydrogens (tertiary/aromatic N) is 1. The van der Waals surface area contributed by atoms with Crippen LogP contribution in [0.15, 0.2) is 47.1 Å². The molecule has 1 saturated heterocycles. The van der Waals surface area contributed by atoms with Gasteiger partial charge in [-0.1, -0.05) is 32.4 Å². The molecule has 0 spiro atoms. The first kappa shape index (κ1) is 34.9. The Kier molecular flexibility index (Phi) is 9.31. The highest BCUT2D eigenvalue weighted by Crippen LogP contribution is 2.48. The molecule has 6 nitrogen and oxygen atoms in total. The molecule has 1 amide bonds.